The molecule has 2 nitrogen and oxygen atoms in total. The van der Waals surface area contributed by atoms with Gasteiger partial charge in [0.1, 0.15) is 0 Å². The summed E-state index contributed by atoms with van der Waals surface area (Å²) in [7, 11) is 0. The van der Waals surface area contributed by atoms with Crippen LogP contribution < -0.4 is 10.2 Å². The first-order chi connectivity index (χ1) is 9.74. The zero-order valence-corrected chi connectivity index (χ0v) is 13.4. The molecule has 2 heteroatoms. The maximum Gasteiger partial charge on any atom is 0.0399 e. The van der Waals surface area contributed by atoms with E-state index in [1.54, 1.807) is 0 Å². The lowest BCUT2D eigenvalue weighted by Gasteiger charge is -2.37. The predicted molar refractivity (Wildman–Crippen MR) is 88.5 cm³/mol. The van der Waals surface area contributed by atoms with Crippen LogP contribution in [0.1, 0.15) is 45.6 Å². The molecule has 0 unspecified atom stereocenters. The normalized spacial score (nSPS) is 14.7. The third-order valence-electron chi connectivity index (χ3n) is 4.94. The van der Waals surface area contributed by atoms with Crippen LogP contribution in [0.5, 0.6) is 0 Å². The summed E-state index contributed by atoms with van der Waals surface area (Å²) < 4.78 is 0. The number of benzene rings is 1. The Morgan fingerprint density at radius 2 is 1.90 bits per heavy atom. The second kappa shape index (κ2) is 7.12. The van der Waals surface area contributed by atoms with Crippen LogP contribution in [0.15, 0.2) is 24.3 Å². The molecule has 0 saturated heterocycles. The van der Waals surface area contributed by atoms with Gasteiger partial charge in [-0.2, -0.15) is 0 Å². The first-order valence-electron chi connectivity index (χ1n) is 8.28. The van der Waals surface area contributed by atoms with Crippen LogP contribution in [0.2, 0.25) is 0 Å². The molecule has 0 bridgehead atoms. The van der Waals surface area contributed by atoms with Gasteiger partial charge in [-0.15, -0.1) is 0 Å². The van der Waals surface area contributed by atoms with Crippen molar-refractivity contribution in [2.75, 3.05) is 31.1 Å². The Bertz CT molecular complexity index is 410. The molecule has 1 aliphatic rings. The van der Waals surface area contributed by atoms with Gasteiger partial charge in [-0.25, -0.2) is 0 Å². The lowest BCUT2D eigenvalue weighted by atomic mass is 9.81. The van der Waals surface area contributed by atoms with Gasteiger partial charge in [0, 0.05) is 25.3 Å². The summed E-state index contributed by atoms with van der Waals surface area (Å²) >= 11 is 0. The third-order valence-corrected chi connectivity index (χ3v) is 4.94. The van der Waals surface area contributed by atoms with Crippen LogP contribution in [0.4, 0.5) is 5.69 Å². The topological polar surface area (TPSA) is 15.3 Å². The van der Waals surface area contributed by atoms with Crippen molar-refractivity contribution in [1.82, 2.24) is 5.32 Å². The summed E-state index contributed by atoms with van der Waals surface area (Å²) in [5.74, 6) is 0. The van der Waals surface area contributed by atoms with Crippen LogP contribution in [0.3, 0.4) is 0 Å². The number of rotatable bonds is 8. The van der Waals surface area contributed by atoms with E-state index < -0.39 is 0 Å². The number of hydrogen-bond donors (Lipinski definition) is 1. The summed E-state index contributed by atoms with van der Waals surface area (Å²) in [5, 5.41) is 3.65. The number of nitrogens with zero attached hydrogens (tertiary/aromatic N) is 1. The Morgan fingerprint density at radius 3 is 2.60 bits per heavy atom. The molecule has 0 aliphatic carbocycles. The van der Waals surface area contributed by atoms with E-state index >= 15 is 0 Å². The highest BCUT2D eigenvalue weighted by atomic mass is 15.2. The lowest BCUT2D eigenvalue weighted by Crippen LogP contribution is -2.43. The molecule has 0 fully saturated rings. The van der Waals surface area contributed by atoms with Gasteiger partial charge in [-0.05, 0) is 49.3 Å². The molecule has 112 valence electrons. The summed E-state index contributed by atoms with van der Waals surface area (Å²) in [6, 6.07) is 8.91. The maximum absolute atomic E-state index is 3.65. The monoisotopic (exact) mass is 274 g/mol. The van der Waals surface area contributed by atoms with Crippen molar-refractivity contribution < 1.29 is 0 Å². The van der Waals surface area contributed by atoms with Crippen LogP contribution in [0, 0.1) is 5.41 Å². The van der Waals surface area contributed by atoms with E-state index in [1.807, 2.05) is 0 Å². The fraction of sp³-hybridized carbons (Fsp3) is 0.667. The maximum atomic E-state index is 3.65. The van der Waals surface area contributed by atoms with Gasteiger partial charge in [-0.3, -0.25) is 0 Å². The summed E-state index contributed by atoms with van der Waals surface area (Å²) in [5.41, 5.74) is 3.40. The van der Waals surface area contributed by atoms with E-state index in [0.29, 0.717) is 5.41 Å². The van der Waals surface area contributed by atoms with E-state index in [2.05, 4.69) is 55.3 Å². The minimum Gasteiger partial charge on any atom is -0.370 e. The van der Waals surface area contributed by atoms with Gasteiger partial charge < -0.3 is 10.2 Å². The van der Waals surface area contributed by atoms with Crippen LogP contribution in [-0.2, 0) is 6.42 Å². The van der Waals surface area contributed by atoms with Gasteiger partial charge in [0.05, 0.1) is 0 Å². The average Bonchev–Trinajstić information content (AvgIpc) is 2.89. The number of fused-ring (bicyclic) bond motifs is 1. The van der Waals surface area contributed by atoms with E-state index in [9.17, 15) is 0 Å². The van der Waals surface area contributed by atoms with Crippen LogP contribution in [-0.4, -0.2) is 26.2 Å². The average molecular weight is 274 g/mol. The Kier molecular flexibility index (Phi) is 5.47. The molecule has 0 amide bonds. The van der Waals surface area contributed by atoms with Gasteiger partial charge in [-0.1, -0.05) is 39.0 Å². The second-order valence-corrected chi connectivity index (χ2v) is 6.18. The number of anilines is 1. The minimum atomic E-state index is 0.409. The Hall–Kier alpha value is -1.02. The Labute approximate surface area is 124 Å². The fourth-order valence-corrected chi connectivity index (χ4v) is 3.29. The highest BCUT2D eigenvalue weighted by Crippen LogP contribution is 2.34. The Balaban J connectivity index is 2.05. The molecule has 1 heterocycles. The third kappa shape index (κ3) is 3.35. The van der Waals surface area contributed by atoms with Crippen molar-refractivity contribution in [3.05, 3.63) is 29.8 Å². The molecule has 0 atom stereocenters. The molecule has 0 saturated carbocycles. The zero-order chi connectivity index (χ0) is 14.4. The minimum absolute atomic E-state index is 0.409. The van der Waals surface area contributed by atoms with Gasteiger partial charge in [0.15, 0.2) is 0 Å². The van der Waals surface area contributed by atoms with Crippen molar-refractivity contribution in [3.63, 3.8) is 0 Å². The zero-order valence-electron chi connectivity index (χ0n) is 13.4. The molecule has 1 aliphatic heterocycles. The smallest absolute Gasteiger partial charge is 0.0399 e. The largest absolute Gasteiger partial charge is 0.370 e. The molecule has 1 aromatic carbocycles. The van der Waals surface area contributed by atoms with Crippen molar-refractivity contribution in [2.45, 2.75) is 46.5 Å². The predicted octanol–water partition coefficient (Wildman–Crippen LogP) is 3.86. The molecule has 1 N–H and O–H groups in total. The molecule has 0 spiro atoms. The van der Waals surface area contributed by atoms with E-state index in [4.69, 9.17) is 0 Å². The number of hydrogen-bond acceptors (Lipinski definition) is 2. The first-order valence-corrected chi connectivity index (χ1v) is 8.28. The van der Waals surface area contributed by atoms with E-state index in [0.717, 1.165) is 13.1 Å². The molecular weight excluding hydrogens is 244 g/mol. The van der Waals surface area contributed by atoms with Crippen molar-refractivity contribution in [3.8, 4) is 0 Å². The summed E-state index contributed by atoms with van der Waals surface area (Å²) in [6.45, 7) is 11.6. The van der Waals surface area contributed by atoms with Crippen molar-refractivity contribution in [2.24, 2.45) is 5.41 Å². The van der Waals surface area contributed by atoms with Gasteiger partial charge >= 0.3 is 0 Å². The van der Waals surface area contributed by atoms with Gasteiger partial charge in [0.25, 0.3) is 0 Å². The van der Waals surface area contributed by atoms with E-state index in [-0.39, 0.29) is 0 Å². The quantitative estimate of drug-likeness (QED) is 0.724. The lowest BCUT2D eigenvalue weighted by molar-refractivity contribution is 0.254. The molecule has 0 aromatic heterocycles. The standard InChI is InChI=1S/C18H30N2/c1-4-12-19-14-18(5-2,6-3)15-20-13-11-16-9-7-8-10-17(16)20/h7-10,19H,4-6,11-15H2,1-3H3. The second-order valence-electron chi connectivity index (χ2n) is 6.18. The molecule has 2 rings (SSSR count). The highest BCUT2D eigenvalue weighted by Gasteiger charge is 2.31. The number of para-hydroxylation sites is 1. The molecule has 0 radical (unpaired) electrons. The molecule has 20 heavy (non-hydrogen) atoms. The molecular formula is C18H30N2. The number of nitrogens with one attached hydrogen (secondary N) is 1. The van der Waals surface area contributed by atoms with Crippen molar-refractivity contribution >= 4 is 5.69 Å². The SMILES string of the molecule is CCCNCC(CC)(CC)CN1CCc2ccccc21. The van der Waals surface area contributed by atoms with E-state index in [1.165, 1.54) is 50.0 Å². The van der Waals surface area contributed by atoms with Gasteiger partial charge in [0.2, 0.25) is 0 Å². The Morgan fingerprint density at radius 1 is 1.15 bits per heavy atom. The van der Waals surface area contributed by atoms with Crippen LogP contribution >= 0.6 is 0 Å². The summed E-state index contributed by atoms with van der Waals surface area (Å²) in [4.78, 5) is 2.61. The first kappa shape index (κ1) is 15.4. The fourth-order valence-electron chi connectivity index (χ4n) is 3.29. The van der Waals surface area contributed by atoms with Crippen molar-refractivity contribution in [1.29, 1.82) is 0 Å². The highest BCUT2D eigenvalue weighted by molar-refractivity contribution is 5.57. The molecule has 1 aromatic rings. The summed E-state index contributed by atoms with van der Waals surface area (Å²) in [6.07, 6.45) is 4.93. The van der Waals surface area contributed by atoms with Crippen LogP contribution in [0.25, 0.3) is 0 Å².